The van der Waals surface area contributed by atoms with E-state index in [1.54, 1.807) is 11.1 Å². The van der Waals surface area contributed by atoms with E-state index in [-0.39, 0.29) is 5.41 Å². The fourth-order valence-corrected chi connectivity index (χ4v) is 7.22. The van der Waals surface area contributed by atoms with E-state index in [1.165, 1.54) is 57.1 Å². The molecule has 0 aliphatic heterocycles. The molecule has 0 saturated heterocycles. The largest absolute Gasteiger partial charge is 0.385 e. The van der Waals surface area contributed by atoms with E-state index >= 15 is 0 Å². The lowest BCUT2D eigenvalue weighted by Gasteiger charge is -2.48. The van der Waals surface area contributed by atoms with Gasteiger partial charge in [0.05, 0.1) is 0 Å². The second-order valence-electron chi connectivity index (χ2n) is 12.2. The van der Waals surface area contributed by atoms with Crippen molar-refractivity contribution in [2.75, 3.05) is 11.9 Å². The van der Waals surface area contributed by atoms with Gasteiger partial charge in [0, 0.05) is 18.3 Å². The summed E-state index contributed by atoms with van der Waals surface area (Å²) in [5, 5.41) is 3.79. The lowest BCUT2D eigenvalue weighted by molar-refractivity contribution is 0.117. The molecule has 0 aromatic heterocycles. The second kappa shape index (κ2) is 7.01. The quantitative estimate of drug-likeness (QED) is 0.620. The Morgan fingerprint density at radius 1 is 1.00 bits per heavy atom. The van der Waals surface area contributed by atoms with Crippen molar-refractivity contribution in [3.8, 4) is 0 Å². The minimum Gasteiger partial charge on any atom is -0.385 e. The molecule has 0 amide bonds. The first-order valence-corrected chi connectivity index (χ1v) is 12.4. The molecule has 4 aliphatic rings. The molecule has 0 spiro atoms. The normalized spacial score (nSPS) is 42.4. The van der Waals surface area contributed by atoms with Crippen LogP contribution < -0.4 is 11.1 Å². The summed E-state index contributed by atoms with van der Waals surface area (Å²) in [4.78, 5) is 0. The molecule has 2 nitrogen and oxygen atoms in total. The summed E-state index contributed by atoms with van der Waals surface area (Å²) < 4.78 is 0. The summed E-state index contributed by atoms with van der Waals surface area (Å²) >= 11 is 0. The Labute approximate surface area is 178 Å². The standard InChI is InChI=1S/C27H42N2/c1-17-21-14-22(21)23(17)15-27(4)12-11-26(2,3)25-13-20(9-10-24(25)27)29-16-18-5-7-19(28)8-6-18/h9-10,13,17-19,21-23,29H,5-8,11-12,14-16,28H2,1-4H3. The number of nitrogens with two attached hydrogens (primary N) is 1. The average molecular weight is 395 g/mol. The molecule has 0 bridgehead atoms. The minimum absolute atomic E-state index is 0.289. The Kier molecular flexibility index (Phi) is 4.81. The molecule has 2 heteroatoms. The van der Waals surface area contributed by atoms with Gasteiger partial charge in [0.15, 0.2) is 0 Å². The molecule has 4 aliphatic carbocycles. The predicted molar refractivity (Wildman–Crippen MR) is 123 cm³/mol. The van der Waals surface area contributed by atoms with Crippen LogP contribution in [0.15, 0.2) is 18.2 Å². The Bertz CT molecular complexity index is 760. The van der Waals surface area contributed by atoms with Crippen LogP contribution in [0.2, 0.25) is 0 Å². The Morgan fingerprint density at radius 2 is 1.76 bits per heavy atom. The third kappa shape index (κ3) is 3.54. The monoisotopic (exact) mass is 394 g/mol. The van der Waals surface area contributed by atoms with E-state index in [4.69, 9.17) is 5.73 Å². The highest BCUT2D eigenvalue weighted by Gasteiger charge is 2.60. The zero-order valence-electron chi connectivity index (χ0n) is 19.1. The van der Waals surface area contributed by atoms with Crippen molar-refractivity contribution in [2.45, 2.75) is 95.9 Å². The highest BCUT2D eigenvalue weighted by Crippen LogP contribution is 2.67. The zero-order valence-corrected chi connectivity index (χ0v) is 19.1. The first-order valence-electron chi connectivity index (χ1n) is 12.4. The van der Waals surface area contributed by atoms with Gasteiger partial charge in [-0.25, -0.2) is 0 Å². The number of fused-ring (bicyclic) bond motifs is 2. The lowest BCUT2D eigenvalue weighted by Crippen LogP contribution is -2.40. The molecular weight excluding hydrogens is 352 g/mol. The third-order valence-electron chi connectivity index (χ3n) is 9.66. The summed E-state index contributed by atoms with van der Waals surface area (Å²) in [5.74, 6) is 4.90. The number of anilines is 1. The van der Waals surface area contributed by atoms with Gasteiger partial charge in [-0.3, -0.25) is 0 Å². The molecule has 1 aromatic carbocycles. The van der Waals surface area contributed by atoms with Gasteiger partial charge >= 0.3 is 0 Å². The molecule has 0 radical (unpaired) electrons. The van der Waals surface area contributed by atoms with Crippen LogP contribution in [0.5, 0.6) is 0 Å². The summed E-state index contributed by atoms with van der Waals surface area (Å²) in [7, 11) is 0. The average Bonchev–Trinajstić information content (AvgIpc) is 3.45. The molecule has 1 aromatic rings. The number of hydrogen-bond acceptors (Lipinski definition) is 2. The molecule has 3 fully saturated rings. The van der Waals surface area contributed by atoms with Crippen molar-refractivity contribution in [2.24, 2.45) is 35.3 Å². The van der Waals surface area contributed by atoms with Crippen LogP contribution in [0.3, 0.4) is 0 Å². The van der Waals surface area contributed by atoms with E-state index in [0.717, 1.165) is 36.1 Å². The number of nitrogens with one attached hydrogen (secondary N) is 1. The highest BCUT2D eigenvalue weighted by atomic mass is 14.9. The van der Waals surface area contributed by atoms with Gasteiger partial charge in [-0.05, 0) is 115 Å². The fraction of sp³-hybridized carbons (Fsp3) is 0.778. The molecule has 29 heavy (non-hydrogen) atoms. The van der Waals surface area contributed by atoms with E-state index in [9.17, 15) is 0 Å². The van der Waals surface area contributed by atoms with E-state index in [0.29, 0.717) is 11.5 Å². The van der Waals surface area contributed by atoms with Crippen LogP contribution in [-0.2, 0) is 10.8 Å². The van der Waals surface area contributed by atoms with E-state index < -0.39 is 0 Å². The van der Waals surface area contributed by atoms with Gasteiger partial charge < -0.3 is 11.1 Å². The van der Waals surface area contributed by atoms with E-state index in [1.807, 2.05) is 0 Å². The maximum absolute atomic E-state index is 6.08. The van der Waals surface area contributed by atoms with Crippen LogP contribution in [0, 0.1) is 29.6 Å². The van der Waals surface area contributed by atoms with Gasteiger partial charge in [0.2, 0.25) is 0 Å². The third-order valence-corrected chi connectivity index (χ3v) is 9.66. The molecule has 160 valence electrons. The molecule has 3 N–H and O–H groups in total. The van der Waals surface area contributed by atoms with Crippen LogP contribution in [0.1, 0.15) is 90.2 Å². The van der Waals surface area contributed by atoms with Gasteiger partial charge in [-0.2, -0.15) is 0 Å². The van der Waals surface area contributed by atoms with Crippen molar-refractivity contribution in [1.82, 2.24) is 0 Å². The number of benzene rings is 1. The van der Waals surface area contributed by atoms with Crippen LogP contribution >= 0.6 is 0 Å². The lowest BCUT2D eigenvalue weighted by atomic mass is 9.57. The Morgan fingerprint density at radius 3 is 2.45 bits per heavy atom. The first kappa shape index (κ1) is 19.9. The maximum atomic E-state index is 6.08. The van der Waals surface area contributed by atoms with Gasteiger partial charge in [-0.15, -0.1) is 0 Å². The maximum Gasteiger partial charge on any atom is 0.0343 e. The molecule has 5 rings (SSSR count). The van der Waals surface area contributed by atoms with Crippen molar-refractivity contribution in [3.05, 3.63) is 29.3 Å². The topological polar surface area (TPSA) is 38.0 Å². The molecule has 0 heterocycles. The summed E-state index contributed by atoms with van der Waals surface area (Å²) in [6, 6.07) is 7.81. The molecule has 5 unspecified atom stereocenters. The fourth-order valence-electron chi connectivity index (χ4n) is 7.22. The predicted octanol–water partition coefficient (Wildman–Crippen LogP) is 6.24. The molecular formula is C27H42N2. The minimum atomic E-state index is 0.289. The Hall–Kier alpha value is -1.02. The Balaban J connectivity index is 1.33. The van der Waals surface area contributed by atoms with Crippen molar-refractivity contribution >= 4 is 5.69 Å². The van der Waals surface area contributed by atoms with Crippen molar-refractivity contribution in [1.29, 1.82) is 0 Å². The number of hydrogen-bond donors (Lipinski definition) is 2. The summed E-state index contributed by atoms with van der Waals surface area (Å²) in [6.45, 7) is 11.1. The molecule has 3 saturated carbocycles. The smallest absolute Gasteiger partial charge is 0.0343 e. The number of rotatable bonds is 5. The highest BCUT2D eigenvalue weighted by molar-refractivity contribution is 5.54. The SMILES string of the molecule is CC1C2CC2C1CC1(C)CCC(C)(C)c2cc(NCC3CCC(N)CC3)ccc21. The van der Waals surface area contributed by atoms with Crippen LogP contribution in [0.4, 0.5) is 5.69 Å². The second-order valence-corrected chi connectivity index (χ2v) is 12.2. The van der Waals surface area contributed by atoms with E-state index in [2.05, 4.69) is 51.2 Å². The van der Waals surface area contributed by atoms with Crippen LogP contribution in [-0.4, -0.2) is 12.6 Å². The van der Waals surface area contributed by atoms with Crippen molar-refractivity contribution in [3.63, 3.8) is 0 Å². The molecule has 5 atom stereocenters. The first-order chi connectivity index (χ1) is 13.8. The van der Waals surface area contributed by atoms with Crippen molar-refractivity contribution < 1.29 is 0 Å². The van der Waals surface area contributed by atoms with Gasteiger partial charge in [0.25, 0.3) is 0 Å². The van der Waals surface area contributed by atoms with Crippen LogP contribution in [0.25, 0.3) is 0 Å². The summed E-state index contributed by atoms with van der Waals surface area (Å²) in [6.07, 6.45) is 10.6. The van der Waals surface area contributed by atoms with Gasteiger partial charge in [-0.1, -0.05) is 33.8 Å². The van der Waals surface area contributed by atoms with Gasteiger partial charge in [0.1, 0.15) is 0 Å². The summed E-state index contributed by atoms with van der Waals surface area (Å²) in [5.41, 5.74) is 11.3. The zero-order chi connectivity index (χ0) is 20.4.